The van der Waals surface area contributed by atoms with Crippen molar-refractivity contribution in [3.8, 4) is 11.4 Å². The number of aromatic nitrogens is 2. The van der Waals surface area contributed by atoms with Crippen molar-refractivity contribution in [2.45, 2.75) is 38.1 Å². The molecule has 2 unspecified atom stereocenters. The Morgan fingerprint density at radius 1 is 1.31 bits per heavy atom. The van der Waals surface area contributed by atoms with Gasteiger partial charge < -0.3 is 15.2 Å². The number of amides is 1. The van der Waals surface area contributed by atoms with E-state index < -0.39 is 23.3 Å². The highest BCUT2D eigenvalue weighted by Gasteiger charge is 2.42. The summed E-state index contributed by atoms with van der Waals surface area (Å²) in [6, 6.07) is 9.40. The molecule has 138 valence electrons. The Morgan fingerprint density at radius 2 is 2.04 bits per heavy atom. The molecule has 3 rings (SSSR count). The lowest BCUT2D eigenvalue weighted by molar-refractivity contribution is -0.145. The van der Waals surface area contributed by atoms with Crippen molar-refractivity contribution in [1.29, 1.82) is 0 Å². The van der Waals surface area contributed by atoms with Crippen LogP contribution in [0.25, 0.3) is 5.69 Å². The van der Waals surface area contributed by atoms with Gasteiger partial charge in [-0.25, -0.2) is 4.68 Å². The molecular formula is C19H23N3O4. The van der Waals surface area contributed by atoms with Gasteiger partial charge in [0.05, 0.1) is 30.5 Å². The SMILES string of the molecule is COc1cn(-c2ccccc2)nc1C(=O)NC1(C)CCCCC1C(=O)O. The first-order valence-corrected chi connectivity index (χ1v) is 8.69. The van der Waals surface area contributed by atoms with Gasteiger partial charge in [-0.05, 0) is 31.9 Å². The van der Waals surface area contributed by atoms with Gasteiger partial charge in [0.2, 0.25) is 0 Å². The van der Waals surface area contributed by atoms with Crippen LogP contribution in [0.15, 0.2) is 36.5 Å². The number of ether oxygens (including phenoxy) is 1. The van der Waals surface area contributed by atoms with Gasteiger partial charge in [-0.2, -0.15) is 5.10 Å². The van der Waals surface area contributed by atoms with Gasteiger partial charge in [0.15, 0.2) is 11.4 Å². The minimum Gasteiger partial charge on any atom is -0.493 e. The van der Waals surface area contributed by atoms with E-state index in [1.165, 1.54) is 7.11 Å². The van der Waals surface area contributed by atoms with E-state index in [0.29, 0.717) is 18.6 Å². The van der Waals surface area contributed by atoms with Crippen molar-refractivity contribution in [3.05, 3.63) is 42.2 Å². The van der Waals surface area contributed by atoms with E-state index in [0.717, 1.165) is 18.5 Å². The number of methoxy groups -OCH3 is 1. The van der Waals surface area contributed by atoms with E-state index in [2.05, 4.69) is 10.4 Å². The molecular weight excluding hydrogens is 334 g/mol. The summed E-state index contributed by atoms with van der Waals surface area (Å²) in [4.78, 5) is 24.5. The number of hydrogen-bond donors (Lipinski definition) is 2. The summed E-state index contributed by atoms with van der Waals surface area (Å²) >= 11 is 0. The number of carbonyl (C=O) groups excluding carboxylic acids is 1. The molecule has 0 radical (unpaired) electrons. The number of carboxylic acids is 1. The van der Waals surface area contributed by atoms with E-state index in [-0.39, 0.29) is 5.69 Å². The molecule has 0 aliphatic heterocycles. The molecule has 1 aliphatic rings. The van der Waals surface area contributed by atoms with Crippen molar-refractivity contribution < 1.29 is 19.4 Å². The van der Waals surface area contributed by atoms with E-state index >= 15 is 0 Å². The van der Waals surface area contributed by atoms with Gasteiger partial charge >= 0.3 is 5.97 Å². The van der Waals surface area contributed by atoms with Crippen LogP contribution in [0, 0.1) is 5.92 Å². The van der Waals surface area contributed by atoms with Gasteiger partial charge in [0, 0.05) is 0 Å². The predicted molar refractivity (Wildman–Crippen MR) is 95.6 cm³/mol. The fraction of sp³-hybridized carbons (Fsp3) is 0.421. The van der Waals surface area contributed by atoms with Crippen LogP contribution in [0.2, 0.25) is 0 Å². The third kappa shape index (κ3) is 3.42. The second-order valence-corrected chi connectivity index (χ2v) is 6.83. The maximum absolute atomic E-state index is 12.9. The van der Waals surface area contributed by atoms with Crippen molar-refractivity contribution >= 4 is 11.9 Å². The van der Waals surface area contributed by atoms with Gasteiger partial charge in [-0.3, -0.25) is 9.59 Å². The van der Waals surface area contributed by atoms with Crippen LogP contribution in [0.4, 0.5) is 0 Å². The average Bonchev–Trinajstić information content (AvgIpc) is 3.07. The summed E-state index contributed by atoms with van der Waals surface area (Å²) in [5.74, 6) is -1.57. The van der Waals surface area contributed by atoms with Gasteiger partial charge in [0.25, 0.3) is 5.91 Å². The Kier molecular flexibility index (Phi) is 4.97. The second-order valence-electron chi connectivity index (χ2n) is 6.83. The van der Waals surface area contributed by atoms with E-state index in [1.807, 2.05) is 30.3 Å². The highest BCUT2D eigenvalue weighted by atomic mass is 16.5. The van der Waals surface area contributed by atoms with Crippen LogP contribution >= 0.6 is 0 Å². The third-order valence-corrected chi connectivity index (χ3v) is 5.04. The van der Waals surface area contributed by atoms with Crippen LogP contribution in [-0.2, 0) is 4.79 Å². The van der Waals surface area contributed by atoms with Crippen LogP contribution in [-0.4, -0.2) is 39.4 Å². The third-order valence-electron chi connectivity index (χ3n) is 5.04. The number of carbonyl (C=O) groups is 2. The van der Waals surface area contributed by atoms with Crippen LogP contribution in [0.1, 0.15) is 43.1 Å². The molecule has 2 N–H and O–H groups in total. The van der Waals surface area contributed by atoms with Gasteiger partial charge in [-0.1, -0.05) is 31.0 Å². The summed E-state index contributed by atoms with van der Waals surface area (Å²) in [7, 11) is 1.48. The summed E-state index contributed by atoms with van der Waals surface area (Å²) in [6.07, 6.45) is 4.56. The highest BCUT2D eigenvalue weighted by Crippen LogP contribution is 2.34. The number of nitrogens with one attached hydrogen (secondary N) is 1. The standard InChI is InChI=1S/C19H23N3O4/c1-19(11-7-6-10-14(19)18(24)25)20-17(23)16-15(26-2)12-22(21-16)13-8-4-3-5-9-13/h3-5,8-9,12,14H,6-7,10-11H2,1-2H3,(H,20,23)(H,24,25). The molecule has 7 nitrogen and oxygen atoms in total. The lowest BCUT2D eigenvalue weighted by Crippen LogP contribution is -2.55. The minimum absolute atomic E-state index is 0.146. The fourth-order valence-corrected chi connectivity index (χ4v) is 3.58. The zero-order valence-corrected chi connectivity index (χ0v) is 14.9. The number of rotatable bonds is 5. The molecule has 1 fully saturated rings. The molecule has 0 spiro atoms. The van der Waals surface area contributed by atoms with E-state index in [1.54, 1.807) is 17.8 Å². The molecule has 1 amide bonds. The molecule has 1 heterocycles. The molecule has 1 aliphatic carbocycles. The first-order chi connectivity index (χ1) is 12.4. The first kappa shape index (κ1) is 18.0. The minimum atomic E-state index is -0.880. The Balaban J connectivity index is 1.87. The number of carboxylic acid groups (broad SMARTS) is 1. The van der Waals surface area contributed by atoms with E-state index in [4.69, 9.17) is 4.74 Å². The Morgan fingerprint density at radius 3 is 2.69 bits per heavy atom. The van der Waals surface area contributed by atoms with Crippen LogP contribution in [0.5, 0.6) is 5.75 Å². The Labute approximate surface area is 152 Å². The molecule has 2 atom stereocenters. The molecule has 2 aromatic rings. The number of hydrogen-bond acceptors (Lipinski definition) is 4. The van der Waals surface area contributed by atoms with Crippen molar-refractivity contribution in [1.82, 2.24) is 15.1 Å². The molecule has 0 saturated heterocycles. The highest BCUT2D eigenvalue weighted by molar-refractivity contribution is 5.95. The largest absolute Gasteiger partial charge is 0.493 e. The molecule has 7 heteroatoms. The average molecular weight is 357 g/mol. The van der Waals surface area contributed by atoms with Crippen LogP contribution < -0.4 is 10.1 Å². The summed E-state index contributed by atoms with van der Waals surface area (Å²) in [5, 5.41) is 16.8. The van der Waals surface area contributed by atoms with Crippen molar-refractivity contribution in [3.63, 3.8) is 0 Å². The number of nitrogens with zero attached hydrogens (tertiary/aromatic N) is 2. The van der Waals surface area contributed by atoms with Crippen molar-refractivity contribution in [2.24, 2.45) is 5.92 Å². The fourth-order valence-electron chi connectivity index (χ4n) is 3.58. The lowest BCUT2D eigenvalue weighted by Gasteiger charge is -2.39. The number of benzene rings is 1. The number of aliphatic carboxylic acids is 1. The Hall–Kier alpha value is -2.83. The van der Waals surface area contributed by atoms with Crippen LogP contribution in [0.3, 0.4) is 0 Å². The maximum atomic E-state index is 12.9. The number of para-hydroxylation sites is 1. The maximum Gasteiger partial charge on any atom is 0.308 e. The predicted octanol–water partition coefficient (Wildman–Crippen LogP) is 2.64. The molecule has 1 aromatic heterocycles. The first-order valence-electron chi connectivity index (χ1n) is 8.69. The Bertz CT molecular complexity index is 802. The topological polar surface area (TPSA) is 93.5 Å². The summed E-state index contributed by atoms with van der Waals surface area (Å²) < 4.78 is 6.88. The summed E-state index contributed by atoms with van der Waals surface area (Å²) in [6.45, 7) is 1.80. The molecule has 26 heavy (non-hydrogen) atoms. The zero-order chi connectivity index (χ0) is 18.7. The lowest BCUT2D eigenvalue weighted by atomic mass is 9.74. The van der Waals surface area contributed by atoms with Gasteiger partial charge in [-0.15, -0.1) is 0 Å². The summed E-state index contributed by atoms with van der Waals surface area (Å²) in [5.41, 5.74) is 0.146. The smallest absolute Gasteiger partial charge is 0.308 e. The molecule has 1 saturated carbocycles. The second kappa shape index (κ2) is 7.19. The monoisotopic (exact) mass is 357 g/mol. The quantitative estimate of drug-likeness (QED) is 0.858. The molecule has 0 bridgehead atoms. The van der Waals surface area contributed by atoms with Crippen molar-refractivity contribution in [2.75, 3.05) is 7.11 Å². The zero-order valence-electron chi connectivity index (χ0n) is 14.9. The van der Waals surface area contributed by atoms with E-state index in [9.17, 15) is 14.7 Å². The normalized spacial score (nSPS) is 22.6. The molecule has 1 aromatic carbocycles. The van der Waals surface area contributed by atoms with Gasteiger partial charge in [0.1, 0.15) is 0 Å².